The van der Waals surface area contributed by atoms with Gasteiger partial charge in [-0.2, -0.15) is 12.6 Å². The van der Waals surface area contributed by atoms with Crippen molar-refractivity contribution in [2.75, 3.05) is 13.6 Å². The lowest BCUT2D eigenvalue weighted by molar-refractivity contribution is -0.0675. The van der Waals surface area contributed by atoms with E-state index < -0.39 is 0 Å². The van der Waals surface area contributed by atoms with Gasteiger partial charge in [-0.15, -0.1) is 0 Å². The van der Waals surface area contributed by atoms with Crippen LogP contribution < -0.4 is 10.6 Å². The fourth-order valence-corrected chi connectivity index (χ4v) is 10.7. The molecule has 0 saturated heterocycles. The number of nitrogens with one attached hydrogen (secondary N) is 2. The van der Waals surface area contributed by atoms with Gasteiger partial charge in [0.05, 0.1) is 0 Å². The highest BCUT2D eigenvalue weighted by atomic mass is 32.1. The number of unbranched alkanes of at least 4 members (excludes halogenated alkanes) is 2. The van der Waals surface area contributed by atoms with Crippen LogP contribution in [0.5, 0.6) is 0 Å². The van der Waals surface area contributed by atoms with Gasteiger partial charge in [-0.1, -0.05) is 141 Å². The zero-order valence-corrected chi connectivity index (χ0v) is 41.3. The highest BCUT2D eigenvalue weighted by molar-refractivity contribution is 7.81. The molecule has 0 spiro atoms. The van der Waals surface area contributed by atoms with Crippen molar-refractivity contribution in [2.45, 2.75) is 244 Å². The number of hydrogen-bond acceptors (Lipinski definition) is 3. The molecule has 2 fully saturated rings. The van der Waals surface area contributed by atoms with Crippen LogP contribution in [-0.4, -0.2) is 30.9 Å². The number of hydrogen-bond donors (Lipinski definition) is 3. The van der Waals surface area contributed by atoms with Crippen molar-refractivity contribution < 1.29 is 0 Å². The van der Waals surface area contributed by atoms with E-state index in [1.807, 2.05) is 13.8 Å². The monoisotopic (exact) mass is 801 g/mol. The zero-order valence-electron chi connectivity index (χ0n) is 40.4. The smallest absolute Gasteiger partial charge is 0.0195 e. The minimum absolute atomic E-state index is 0. The van der Waals surface area contributed by atoms with E-state index in [2.05, 4.69) is 127 Å². The van der Waals surface area contributed by atoms with Crippen LogP contribution in [0.2, 0.25) is 0 Å². The summed E-state index contributed by atoms with van der Waals surface area (Å²) in [6.45, 7) is 51.3. The molecular formula is C53H104N2S. The average Bonchev–Trinajstić information content (AvgIpc) is 3.09. The fraction of sp³-hybridized carbons (Fsp3) is 0.887. The molecule has 3 heteroatoms. The third-order valence-electron chi connectivity index (χ3n) is 15.9. The largest absolute Gasteiger partial charge is 0.317 e. The zero-order chi connectivity index (χ0) is 42.5. The van der Waals surface area contributed by atoms with Crippen LogP contribution in [0.15, 0.2) is 36.5 Å². The quantitative estimate of drug-likeness (QED) is 0.0577. The second kappa shape index (κ2) is 24.1. The lowest BCUT2D eigenvalue weighted by atomic mass is 9.44. The van der Waals surface area contributed by atoms with Crippen molar-refractivity contribution in [1.82, 2.24) is 10.6 Å². The molecule has 2 rings (SSSR count). The molecule has 2 N–H and O–H groups in total. The van der Waals surface area contributed by atoms with E-state index in [-0.39, 0.29) is 45.2 Å². The SMILES string of the molecule is C.C=C(CCCCC(=C)C(C)(CC(C)(C)C)C(C)(C)C(C)(C)CC(C)(C(=C)CCCCNC1CCC(CC2CCC(NC)CC2)CC1)C(C)(C)C)C(C)S.CC. The summed E-state index contributed by atoms with van der Waals surface area (Å²) < 4.78 is 0. The molecular weight excluding hydrogens is 697 g/mol. The molecule has 0 aromatic carbocycles. The predicted molar refractivity (Wildman–Crippen MR) is 261 cm³/mol. The van der Waals surface area contributed by atoms with Crippen molar-refractivity contribution in [2.24, 2.45) is 44.3 Å². The summed E-state index contributed by atoms with van der Waals surface area (Å²) in [6, 6.07) is 1.50. The van der Waals surface area contributed by atoms with Crippen molar-refractivity contribution in [1.29, 1.82) is 0 Å². The van der Waals surface area contributed by atoms with Crippen molar-refractivity contribution in [3.05, 3.63) is 36.5 Å². The fourth-order valence-electron chi connectivity index (χ4n) is 10.6. The molecule has 332 valence electrons. The van der Waals surface area contributed by atoms with Gasteiger partial charge in [0.25, 0.3) is 0 Å². The van der Waals surface area contributed by atoms with E-state index >= 15 is 0 Å². The van der Waals surface area contributed by atoms with Gasteiger partial charge < -0.3 is 10.6 Å². The number of rotatable bonds is 22. The summed E-state index contributed by atoms with van der Waals surface area (Å²) in [6.07, 6.45) is 23.1. The lowest BCUT2D eigenvalue weighted by Gasteiger charge is -2.60. The minimum Gasteiger partial charge on any atom is -0.317 e. The normalized spacial score (nSPS) is 23.7. The van der Waals surface area contributed by atoms with E-state index in [9.17, 15) is 0 Å². The highest BCUT2D eigenvalue weighted by Crippen LogP contribution is 2.64. The molecule has 2 nitrogen and oxygen atoms in total. The molecule has 2 aliphatic rings. The Morgan fingerprint density at radius 2 is 1.05 bits per heavy atom. The first-order valence-electron chi connectivity index (χ1n) is 23.4. The molecule has 56 heavy (non-hydrogen) atoms. The molecule has 0 radical (unpaired) electrons. The topological polar surface area (TPSA) is 24.1 Å². The van der Waals surface area contributed by atoms with Crippen LogP contribution in [0.1, 0.15) is 227 Å². The van der Waals surface area contributed by atoms with Gasteiger partial charge in [-0.25, -0.2) is 0 Å². The standard InChI is InChI=1S/C50H94N2S.C2H6.CH4/c1-37(40(4)53)22-18-19-23-39(3)50(16,35-45(5,6)7)48(13,14)47(11,12)36-49(15,46(8,9)10)38(2)24-20-21-33-52-44-31-27-42(28-32-44)34-41-25-29-43(51-17)30-26-41;1-2;/h40-44,51-53H,1-3,18-36H2,4-17H3;1-2H3;1H4. The molecule has 0 aromatic rings. The van der Waals surface area contributed by atoms with E-state index in [0.717, 1.165) is 69.0 Å². The molecule has 0 aliphatic heterocycles. The van der Waals surface area contributed by atoms with Gasteiger partial charge in [-0.3, -0.25) is 0 Å². The van der Waals surface area contributed by atoms with Crippen LogP contribution in [0.25, 0.3) is 0 Å². The Hall–Kier alpha value is -0.510. The molecule has 0 bridgehead atoms. The van der Waals surface area contributed by atoms with E-state index in [1.165, 1.54) is 93.8 Å². The van der Waals surface area contributed by atoms with E-state index in [4.69, 9.17) is 13.2 Å². The van der Waals surface area contributed by atoms with E-state index in [1.54, 1.807) is 0 Å². The maximum absolute atomic E-state index is 4.89. The molecule has 0 heterocycles. The van der Waals surface area contributed by atoms with E-state index in [0.29, 0.717) is 0 Å². The molecule has 0 amide bonds. The molecule has 3 atom stereocenters. The maximum atomic E-state index is 4.89. The van der Waals surface area contributed by atoms with Crippen molar-refractivity contribution >= 4 is 12.6 Å². The Labute approximate surface area is 360 Å². The predicted octanol–water partition coefficient (Wildman–Crippen LogP) is 16.6. The van der Waals surface area contributed by atoms with Crippen LogP contribution in [0.4, 0.5) is 0 Å². The summed E-state index contributed by atoms with van der Waals surface area (Å²) in [5.74, 6) is 1.96. The van der Waals surface area contributed by atoms with Gasteiger partial charge in [0.15, 0.2) is 0 Å². The van der Waals surface area contributed by atoms with Gasteiger partial charge in [0.2, 0.25) is 0 Å². The first kappa shape index (κ1) is 55.5. The summed E-state index contributed by atoms with van der Waals surface area (Å²) in [5.41, 5.74) is 4.56. The maximum Gasteiger partial charge on any atom is 0.0195 e. The summed E-state index contributed by atoms with van der Waals surface area (Å²) in [4.78, 5) is 0. The Kier molecular flexibility index (Phi) is 23.8. The van der Waals surface area contributed by atoms with Gasteiger partial charge >= 0.3 is 0 Å². The first-order chi connectivity index (χ1) is 25.3. The average molecular weight is 801 g/mol. The van der Waals surface area contributed by atoms with Crippen LogP contribution in [0, 0.1) is 44.3 Å². The first-order valence-corrected chi connectivity index (χ1v) is 23.9. The molecule has 0 aromatic heterocycles. The second-order valence-electron chi connectivity index (χ2n) is 22.5. The second-order valence-corrected chi connectivity index (χ2v) is 23.2. The lowest BCUT2D eigenvalue weighted by Crippen LogP contribution is -2.51. The van der Waals surface area contributed by atoms with Gasteiger partial charge in [0, 0.05) is 17.3 Å². The van der Waals surface area contributed by atoms with Crippen molar-refractivity contribution in [3.8, 4) is 0 Å². The Morgan fingerprint density at radius 1 is 0.625 bits per heavy atom. The van der Waals surface area contributed by atoms with Gasteiger partial charge in [-0.05, 0) is 180 Å². The third kappa shape index (κ3) is 16.2. The van der Waals surface area contributed by atoms with Crippen LogP contribution in [0.3, 0.4) is 0 Å². The summed E-state index contributed by atoms with van der Waals surface area (Å²) in [7, 11) is 2.14. The summed E-state index contributed by atoms with van der Waals surface area (Å²) >= 11 is 4.61. The molecule has 2 aliphatic carbocycles. The minimum atomic E-state index is -0.000591. The van der Waals surface area contributed by atoms with Gasteiger partial charge in [0.1, 0.15) is 0 Å². The van der Waals surface area contributed by atoms with Crippen LogP contribution >= 0.6 is 12.6 Å². The number of thiol groups is 1. The number of allylic oxidation sites excluding steroid dienone is 2. The Balaban J connectivity index is 0.00000991. The summed E-state index contributed by atoms with van der Waals surface area (Å²) in [5, 5.41) is 7.75. The molecule has 2 saturated carbocycles. The highest BCUT2D eigenvalue weighted by Gasteiger charge is 2.55. The molecule has 3 unspecified atom stereocenters. The van der Waals surface area contributed by atoms with Crippen LogP contribution in [-0.2, 0) is 0 Å². The van der Waals surface area contributed by atoms with Crippen molar-refractivity contribution in [3.63, 3.8) is 0 Å². The third-order valence-corrected chi connectivity index (χ3v) is 16.3. The Bertz CT molecular complexity index is 1130. The Morgan fingerprint density at radius 3 is 1.48 bits per heavy atom.